The van der Waals surface area contributed by atoms with Crippen molar-refractivity contribution in [2.24, 2.45) is 7.05 Å². The molecule has 0 radical (unpaired) electrons. The van der Waals surface area contributed by atoms with Crippen LogP contribution in [-0.4, -0.2) is 53.6 Å². The molecule has 6 heteroatoms. The summed E-state index contributed by atoms with van der Waals surface area (Å²) < 4.78 is 7.04. The molecule has 1 aromatic heterocycles. The Morgan fingerprint density at radius 1 is 1.30 bits per heavy atom. The van der Waals surface area contributed by atoms with Gasteiger partial charge in [0.15, 0.2) is 5.78 Å². The first-order valence-corrected chi connectivity index (χ1v) is 8.25. The van der Waals surface area contributed by atoms with Gasteiger partial charge in [0.2, 0.25) is 0 Å². The summed E-state index contributed by atoms with van der Waals surface area (Å²) in [7, 11) is 1.97. The predicted octanol–water partition coefficient (Wildman–Crippen LogP) is 2.04. The summed E-state index contributed by atoms with van der Waals surface area (Å²) in [5.41, 5.74) is 2.89. The van der Waals surface area contributed by atoms with E-state index in [1.54, 1.807) is 4.90 Å². The van der Waals surface area contributed by atoms with E-state index in [0.717, 1.165) is 29.8 Å². The summed E-state index contributed by atoms with van der Waals surface area (Å²) in [5, 5.41) is 3.33. The number of carbonyl (C=O) groups is 2. The number of aromatic nitrogens is 1. The molecule has 0 bridgehead atoms. The maximum absolute atomic E-state index is 12.4. The summed E-state index contributed by atoms with van der Waals surface area (Å²) in [6, 6.07) is 2.22. The van der Waals surface area contributed by atoms with Crippen LogP contribution in [0.1, 0.15) is 41.5 Å². The van der Waals surface area contributed by atoms with Crippen molar-refractivity contribution in [3.05, 3.63) is 23.0 Å². The van der Waals surface area contributed by atoms with Crippen molar-refractivity contribution < 1.29 is 14.3 Å². The molecule has 1 aromatic rings. The minimum Gasteiger partial charge on any atom is -0.450 e. The Hall–Kier alpha value is -1.82. The van der Waals surface area contributed by atoms with Crippen molar-refractivity contribution >= 4 is 11.9 Å². The quantitative estimate of drug-likeness (QED) is 0.843. The van der Waals surface area contributed by atoms with Gasteiger partial charge < -0.3 is 19.5 Å². The lowest BCUT2D eigenvalue weighted by molar-refractivity contribution is 0.0913. The van der Waals surface area contributed by atoms with E-state index in [1.807, 2.05) is 38.5 Å². The van der Waals surface area contributed by atoms with Gasteiger partial charge >= 0.3 is 6.09 Å². The second-order valence-corrected chi connectivity index (χ2v) is 6.11. The SMILES string of the molecule is CCOC(=O)N1CCC(NCC(=O)c2cc(C)n(C)c2C)CC1. The van der Waals surface area contributed by atoms with Crippen LogP contribution in [0.4, 0.5) is 4.79 Å². The molecular formula is C17H27N3O3. The van der Waals surface area contributed by atoms with E-state index in [9.17, 15) is 9.59 Å². The number of amides is 1. The van der Waals surface area contributed by atoms with Crippen molar-refractivity contribution in [3.8, 4) is 0 Å². The number of carbonyl (C=O) groups excluding carboxylic acids is 2. The number of Topliss-reactive ketones (excluding diaryl/α,β-unsaturated/α-hetero) is 1. The lowest BCUT2D eigenvalue weighted by atomic mass is 10.0. The molecule has 0 spiro atoms. The number of aryl methyl sites for hydroxylation is 1. The highest BCUT2D eigenvalue weighted by Gasteiger charge is 2.24. The first kappa shape index (κ1) is 17.5. The zero-order valence-corrected chi connectivity index (χ0v) is 14.5. The molecule has 1 N–H and O–H groups in total. The Labute approximate surface area is 137 Å². The smallest absolute Gasteiger partial charge is 0.409 e. The number of likely N-dealkylation sites (tertiary alicyclic amines) is 1. The molecule has 23 heavy (non-hydrogen) atoms. The Morgan fingerprint density at radius 2 is 1.96 bits per heavy atom. The van der Waals surface area contributed by atoms with Crippen LogP contribution in [0.15, 0.2) is 6.07 Å². The maximum Gasteiger partial charge on any atom is 0.409 e. The molecule has 0 unspecified atom stereocenters. The zero-order valence-electron chi connectivity index (χ0n) is 14.5. The number of rotatable bonds is 5. The molecule has 1 amide bonds. The van der Waals surface area contributed by atoms with Crippen LogP contribution < -0.4 is 5.32 Å². The molecule has 2 rings (SSSR count). The Morgan fingerprint density at radius 3 is 2.48 bits per heavy atom. The number of nitrogens with one attached hydrogen (secondary N) is 1. The van der Waals surface area contributed by atoms with Crippen molar-refractivity contribution in [2.75, 3.05) is 26.2 Å². The monoisotopic (exact) mass is 321 g/mol. The summed E-state index contributed by atoms with van der Waals surface area (Å²) >= 11 is 0. The fourth-order valence-electron chi connectivity index (χ4n) is 2.95. The standard InChI is InChI=1S/C17H27N3O3/c1-5-23-17(22)20-8-6-14(7-9-20)18-11-16(21)15-10-12(2)19(4)13(15)3/h10,14,18H,5-9,11H2,1-4H3. The normalized spacial score (nSPS) is 15.7. The molecular weight excluding hydrogens is 294 g/mol. The van der Waals surface area contributed by atoms with E-state index >= 15 is 0 Å². The van der Waals surface area contributed by atoms with Crippen LogP contribution in [0, 0.1) is 13.8 Å². The van der Waals surface area contributed by atoms with E-state index in [1.165, 1.54) is 0 Å². The number of hydrogen-bond donors (Lipinski definition) is 1. The number of hydrogen-bond acceptors (Lipinski definition) is 4. The Kier molecular flexibility index (Phi) is 5.82. The summed E-state index contributed by atoms with van der Waals surface area (Å²) in [6.45, 7) is 7.88. The van der Waals surface area contributed by atoms with E-state index in [4.69, 9.17) is 4.74 Å². The van der Waals surface area contributed by atoms with Crippen LogP contribution in [0.25, 0.3) is 0 Å². The largest absolute Gasteiger partial charge is 0.450 e. The van der Waals surface area contributed by atoms with Gasteiger partial charge in [0.05, 0.1) is 13.2 Å². The van der Waals surface area contributed by atoms with Crippen LogP contribution in [-0.2, 0) is 11.8 Å². The van der Waals surface area contributed by atoms with Crippen molar-refractivity contribution in [3.63, 3.8) is 0 Å². The van der Waals surface area contributed by atoms with E-state index in [0.29, 0.717) is 26.2 Å². The highest BCUT2D eigenvalue weighted by molar-refractivity contribution is 5.99. The van der Waals surface area contributed by atoms with Gasteiger partial charge in [-0.15, -0.1) is 0 Å². The van der Waals surface area contributed by atoms with Gasteiger partial charge in [-0.1, -0.05) is 0 Å². The van der Waals surface area contributed by atoms with Gasteiger partial charge in [-0.3, -0.25) is 4.79 Å². The van der Waals surface area contributed by atoms with Gasteiger partial charge in [0, 0.05) is 43.1 Å². The third-order valence-electron chi connectivity index (χ3n) is 4.65. The molecule has 0 atom stereocenters. The molecule has 0 saturated carbocycles. The second kappa shape index (κ2) is 7.64. The number of ketones is 1. The molecule has 0 aromatic carbocycles. The Bertz CT molecular complexity index is 572. The van der Waals surface area contributed by atoms with E-state index in [-0.39, 0.29) is 17.9 Å². The summed E-state index contributed by atoms with van der Waals surface area (Å²) in [6.07, 6.45) is 1.45. The third-order valence-corrected chi connectivity index (χ3v) is 4.65. The predicted molar refractivity (Wildman–Crippen MR) is 88.8 cm³/mol. The van der Waals surface area contributed by atoms with Gasteiger partial charge in [-0.2, -0.15) is 0 Å². The van der Waals surface area contributed by atoms with Crippen LogP contribution >= 0.6 is 0 Å². The molecule has 6 nitrogen and oxygen atoms in total. The fourth-order valence-corrected chi connectivity index (χ4v) is 2.95. The molecule has 1 aliphatic rings. The minimum atomic E-state index is -0.239. The van der Waals surface area contributed by atoms with Crippen molar-refractivity contribution in [2.45, 2.75) is 39.7 Å². The zero-order chi connectivity index (χ0) is 17.0. The first-order valence-electron chi connectivity index (χ1n) is 8.25. The second-order valence-electron chi connectivity index (χ2n) is 6.11. The molecule has 128 valence electrons. The lowest BCUT2D eigenvalue weighted by Gasteiger charge is -2.31. The van der Waals surface area contributed by atoms with Crippen LogP contribution in [0.5, 0.6) is 0 Å². The molecule has 1 saturated heterocycles. The first-order chi connectivity index (χ1) is 10.9. The maximum atomic E-state index is 12.4. The Balaban J connectivity index is 1.80. The highest BCUT2D eigenvalue weighted by atomic mass is 16.6. The van der Waals surface area contributed by atoms with E-state index in [2.05, 4.69) is 5.32 Å². The number of nitrogens with zero attached hydrogens (tertiary/aromatic N) is 2. The van der Waals surface area contributed by atoms with Gasteiger partial charge in [-0.25, -0.2) is 4.79 Å². The number of ether oxygens (including phenoxy) is 1. The molecule has 0 aliphatic carbocycles. The fraction of sp³-hybridized carbons (Fsp3) is 0.647. The number of piperidine rings is 1. The van der Waals surface area contributed by atoms with Crippen molar-refractivity contribution in [1.29, 1.82) is 0 Å². The summed E-state index contributed by atoms with van der Waals surface area (Å²) in [5.74, 6) is 0.124. The lowest BCUT2D eigenvalue weighted by Crippen LogP contribution is -2.46. The highest BCUT2D eigenvalue weighted by Crippen LogP contribution is 2.15. The van der Waals surface area contributed by atoms with Gasteiger partial charge in [-0.05, 0) is 39.7 Å². The van der Waals surface area contributed by atoms with E-state index < -0.39 is 0 Å². The third kappa shape index (κ3) is 4.13. The van der Waals surface area contributed by atoms with Gasteiger partial charge in [0.25, 0.3) is 0 Å². The minimum absolute atomic E-state index is 0.124. The molecule has 1 fully saturated rings. The van der Waals surface area contributed by atoms with Gasteiger partial charge in [0.1, 0.15) is 0 Å². The molecule has 1 aliphatic heterocycles. The topological polar surface area (TPSA) is 63.6 Å². The molecule has 2 heterocycles. The average Bonchev–Trinajstić information content (AvgIpc) is 2.81. The van der Waals surface area contributed by atoms with Crippen LogP contribution in [0.2, 0.25) is 0 Å². The average molecular weight is 321 g/mol. The van der Waals surface area contributed by atoms with Crippen LogP contribution in [0.3, 0.4) is 0 Å². The summed E-state index contributed by atoms with van der Waals surface area (Å²) in [4.78, 5) is 25.8. The van der Waals surface area contributed by atoms with Crippen molar-refractivity contribution in [1.82, 2.24) is 14.8 Å².